The predicted octanol–water partition coefficient (Wildman–Crippen LogP) is 4.52. The van der Waals surface area contributed by atoms with Crippen LogP contribution in [0.2, 0.25) is 0 Å². The maximum Gasteiger partial charge on any atom is 0.293 e. The van der Waals surface area contributed by atoms with Crippen LogP contribution in [-0.4, -0.2) is 10.9 Å². The number of carbonyl (C=O) groups is 1. The Morgan fingerprint density at radius 1 is 1.40 bits per heavy atom. The largest absolute Gasteiger partial charge is 0.451 e. The first-order valence-corrected chi connectivity index (χ1v) is 7.59. The van der Waals surface area contributed by atoms with E-state index >= 15 is 0 Å². The number of furan rings is 1. The number of aromatic nitrogens is 1. The smallest absolute Gasteiger partial charge is 0.293 e. The van der Waals surface area contributed by atoms with Crippen molar-refractivity contribution in [3.8, 4) is 0 Å². The van der Waals surface area contributed by atoms with Crippen LogP contribution in [-0.2, 0) is 0 Å². The second-order valence-corrected chi connectivity index (χ2v) is 6.43. The highest BCUT2D eigenvalue weighted by molar-refractivity contribution is 9.10. The zero-order valence-electron chi connectivity index (χ0n) is 10.9. The van der Waals surface area contributed by atoms with Gasteiger partial charge in [0.25, 0.3) is 5.91 Å². The van der Waals surface area contributed by atoms with Crippen molar-refractivity contribution in [2.75, 3.05) is 5.32 Å². The third-order valence-corrected chi connectivity index (χ3v) is 4.66. The van der Waals surface area contributed by atoms with E-state index in [1.54, 1.807) is 6.07 Å². The number of halogens is 1. The van der Waals surface area contributed by atoms with Crippen molar-refractivity contribution >= 4 is 49.3 Å². The van der Waals surface area contributed by atoms with Gasteiger partial charge in [0.2, 0.25) is 0 Å². The molecule has 2 heterocycles. The van der Waals surface area contributed by atoms with E-state index < -0.39 is 0 Å². The molecule has 102 valence electrons. The first-order chi connectivity index (χ1) is 9.54. The minimum Gasteiger partial charge on any atom is -0.451 e. The summed E-state index contributed by atoms with van der Waals surface area (Å²) in [5, 5.41) is 4.23. The van der Waals surface area contributed by atoms with Gasteiger partial charge in [-0.25, -0.2) is 4.98 Å². The SMILES string of the molecule is Cc1nc(NC(=O)c2cc3c(Br)cccc3o2)sc1C. The monoisotopic (exact) mass is 350 g/mol. The van der Waals surface area contributed by atoms with E-state index in [-0.39, 0.29) is 11.7 Å². The molecule has 0 unspecified atom stereocenters. The first-order valence-electron chi connectivity index (χ1n) is 5.98. The number of aryl methyl sites for hydroxylation is 2. The Morgan fingerprint density at radius 2 is 2.20 bits per heavy atom. The molecule has 0 aliphatic heterocycles. The van der Waals surface area contributed by atoms with Crippen LogP contribution in [0.1, 0.15) is 21.1 Å². The molecule has 0 spiro atoms. The quantitative estimate of drug-likeness (QED) is 0.739. The highest BCUT2D eigenvalue weighted by Gasteiger charge is 2.15. The normalized spacial score (nSPS) is 10.9. The van der Waals surface area contributed by atoms with E-state index in [4.69, 9.17) is 4.42 Å². The second-order valence-electron chi connectivity index (χ2n) is 4.38. The number of nitrogens with one attached hydrogen (secondary N) is 1. The van der Waals surface area contributed by atoms with Gasteiger partial charge >= 0.3 is 0 Å². The number of nitrogens with zero attached hydrogens (tertiary/aromatic N) is 1. The van der Waals surface area contributed by atoms with Crippen LogP contribution < -0.4 is 5.32 Å². The number of hydrogen-bond acceptors (Lipinski definition) is 4. The highest BCUT2D eigenvalue weighted by atomic mass is 79.9. The summed E-state index contributed by atoms with van der Waals surface area (Å²) in [7, 11) is 0. The lowest BCUT2D eigenvalue weighted by Crippen LogP contribution is -2.10. The molecule has 20 heavy (non-hydrogen) atoms. The first kappa shape index (κ1) is 13.3. The molecule has 1 N–H and O–H groups in total. The second kappa shape index (κ2) is 5.03. The summed E-state index contributed by atoms with van der Waals surface area (Å²) in [6.07, 6.45) is 0. The van der Waals surface area contributed by atoms with Gasteiger partial charge in [0.1, 0.15) is 5.58 Å². The van der Waals surface area contributed by atoms with Gasteiger partial charge in [-0.15, -0.1) is 11.3 Å². The van der Waals surface area contributed by atoms with Gasteiger partial charge in [-0.1, -0.05) is 22.0 Å². The van der Waals surface area contributed by atoms with Crippen LogP contribution in [0.4, 0.5) is 5.13 Å². The fraction of sp³-hybridized carbons (Fsp3) is 0.143. The Kier molecular flexibility index (Phi) is 3.35. The number of fused-ring (bicyclic) bond motifs is 1. The van der Waals surface area contributed by atoms with Crippen LogP contribution in [0.5, 0.6) is 0 Å². The predicted molar refractivity (Wildman–Crippen MR) is 83.5 cm³/mol. The van der Waals surface area contributed by atoms with E-state index in [1.165, 1.54) is 11.3 Å². The lowest BCUT2D eigenvalue weighted by atomic mass is 10.2. The number of carbonyl (C=O) groups excluding carboxylic acids is 1. The molecule has 0 saturated carbocycles. The van der Waals surface area contributed by atoms with Crippen molar-refractivity contribution in [1.82, 2.24) is 4.98 Å². The Balaban J connectivity index is 1.90. The fourth-order valence-corrected chi connectivity index (χ4v) is 3.09. The topological polar surface area (TPSA) is 55.1 Å². The molecular formula is C14H11BrN2O2S. The van der Waals surface area contributed by atoms with Crippen LogP contribution in [0.15, 0.2) is 33.2 Å². The van der Waals surface area contributed by atoms with Crippen molar-refractivity contribution in [2.24, 2.45) is 0 Å². The van der Waals surface area contributed by atoms with Crippen LogP contribution >= 0.6 is 27.3 Å². The number of benzene rings is 1. The zero-order valence-corrected chi connectivity index (χ0v) is 13.3. The zero-order chi connectivity index (χ0) is 14.3. The third kappa shape index (κ3) is 2.36. The molecule has 3 aromatic rings. The minimum atomic E-state index is -0.290. The van der Waals surface area contributed by atoms with Crippen LogP contribution in [0, 0.1) is 13.8 Å². The van der Waals surface area contributed by atoms with E-state index in [0.717, 1.165) is 20.4 Å². The lowest BCUT2D eigenvalue weighted by Gasteiger charge is -1.96. The molecule has 1 amide bonds. The Labute approximate surface area is 127 Å². The van der Waals surface area contributed by atoms with E-state index in [1.807, 2.05) is 32.0 Å². The minimum absolute atomic E-state index is 0.275. The number of hydrogen-bond donors (Lipinski definition) is 1. The standard InChI is InChI=1S/C14H11BrN2O2S/c1-7-8(2)20-14(16-7)17-13(18)12-6-9-10(15)4-3-5-11(9)19-12/h3-6H,1-2H3,(H,16,17,18). The summed E-state index contributed by atoms with van der Waals surface area (Å²) in [5.41, 5.74) is 1.61. The number of thiazole rings is 1. The molecule has 6 heteroatoms. The average molecular weight is 351 g/mol. The molecule has 0 atom stereocenters. The molecule has 0 bridgehead atoms. The van der Waals surface area contributed by atoms with Crippen LogP contribution in [0.3, 0.4) is 0 Å². The van der Waals surface area contributed by atoms with Gasteiger partial charge in [-0.2, -0.15) is 0 Å². The van der Waals surface area contributed by atoms with Gasteiger partial charge in [0.05, 0.1) is 5.69 Å². The van der Waals surface area contributed by atoms with E-state index in [9.17, 15) is 4.79 Å². The van der Waals surface area contributed by atoms with Gasteiger partial charge < -0.3 is 4.42 Å². The molecule has 4 nitrogen and oxygen atoms in total. The van der Waals surface area contributed by atoms with Gasteiger partial charge in [0.15, 0.2) is 10.9 Å². The summed E-state index contributed by atoms with van der Waals surface area (Å²) in [6, 6.07) is 7.33. The van der Waals surface area contributed by atoms with E-state index in [0.29, 0.717) is 10.7 Å². The van der Waals surface area contributed by atoms with Crippen molar-refractivity contribution < 1.29 is 9.21 Å². The highest BCUT2D eigenvalue weighted by Crippen LogP contribution is 2.28. The molecule has 0 aliphatic carbocycles. The molecule has 0 saturated heterocycles. The molecule has 1 aromatic carbocycles. The molecular weight excluding hydrogens is 340 g/mol. The van der Waals surface area contributed by atoms with Crippen molar-refractivity contribution in [1.29, 1.82) is 0 Å². The van der Waals surface area contributed by atoms with Gasteiger partial charge in [0, 0.05) is 14.7 Å². The number of rotatable bonds is 2. The maximum atomic E-state index is 12.2. The molecule has 0 radical (unpaired) electrons. The van der Waals surface area contributed by atoms with Gasteiger partial charge in [-0.3, -0.25) is 10.1 Å². The van der Waals surface area contributed by atoms with E-state index in [2.05, 4.69) is 26.2 Å². The fourth-order valence-electron chi connectivity index (χ4n) is 1.82. The van der Waals surface area contributed by atoms with Crippen molar-refractivity contribution in [3.05, 3.63) is 45.1 Å². The summed E-state index contributed by atoms with van der Waals surface area (Å²) >= 11 is 4.89. The van der Waals surface area contributed by atoms with Gasteiger partial charge in [-0.05, 0) is 32.0 Å². The summed E-state index contributed by atoms with van der Waals surface area (Å²) < 4.78 is 6.46. The lowest BCUT2D eigenvalue weighted by molar-refractivity contribution is 0.0998. The molecule has 0 fully saturated rings. The summed E-state index contributed by atoms with van der Waals surface area (Å²) in [6.45, 7) is 3.89. The van der Waals surface area contributed by atoms with Crippen molar-refractivity contribution in [3.63, 3.8) is 0 Å². The van der Waals surface area contributed by atoms with Crippen molar-refractivity contribution in [2.45, 2.75) is 13.8 Å². The molecule has 3 rings (SSSR count). The Bertz CT molecular complexity index is 787. The molecule has 2 aromatic heterocycles. The third-order valence-electron chi connectivity index (χ3n) is 2.98. The molecule has 0 aliphatic rings. The average Bonchev–Trinajstić information content (AvgIpc) is 2.95. The van der Waals surface area contributed by atoms with Crippen LogP contribution in [0.25, 0.3) is 11.0 Å². The Morgan fingerprint density at radius 3 is 2.85 bits per heavy atom. The number of amides is 1. The number of anilines is 1. The maximum absolute atomic E-state index is 12.2. The Hall–Kier alpha value is -1.66. The summed E-state index contributed by atoms with van der Waals surface area (Å²) in [4.78, 5) is 17.5. The summed E-state index contributed by atoms with van der Waals surface area (Å²) in [5.74, 6) is -0.0146.